The van der Waals surface area contributed by atoms with Gasteiger partial charge in [-0.2, -0.15) is 0 Å². The minimum absolute atomic E-state index is 0.274. The van der Waals surface area contributed by atoms with Crippen molar-refractivity contribution in [2.75, 3.05) is 0 Å². The molecule has 2 heteroatoms. The van der Waals surface area contributed by atoms with Gasteiger partial charge < -0.3 is 0 Å². The molecule has 0 aliphatic heterocycles. The topological polar surface area (TPSA) is 30.0 Å². The van der Waals surface area contributed by atoms with Gasteiger partial charge in [-0.15, -0.1) is 0 Å². The van der Waals surface area contributed by atoms with E-state index in [4.69, 9.17) is 0 Å². The Labute approximate surface area is 157 Å². The van der Waals surface area contributed by atoms with Gasteiger partial charge in [0.05, 0.1) is 0 Å². The molecule has 4 aliphatic rings. The Morgan fingerprint density at radius 2 is 2.00 bits per heavy atom. The number of carbonyl (C=O) groups excluding carboxylic acids is 1. The van der Waals surface area contributed by atoms with E-state index in [0.717, 1.165) is 37.0 Å². The van der Waals surface area contributed by atoms with Crippen molar-refractivity contribution in [1.29, 1.82) is 0 Å². The SMILES string of the molecule is C[C@]12CCCC(=O)C1CC[C@@H]1C2CC[C@]2(C)C(c3cccnc3)=CC[C@@H]12. The maximum atomic E-state index is 12.6. The molecule has 0 saturated heterocycles. The molecule has 1 aromatic rings. The van der Waals surface area contributed by atoms with Crippen LogP contribution in [0.5, 0.6) is 0 Å². The molecule has 2 unspecified atom stereocenters. The third kappa shape index (κ3) is 2.17. The van der Waals surface area contributed by atoms with Crippen molar-refractivity contribution in [3.63, 3.8) is 0 Å². The third-order valence-corrected chi connectivity index (χ3v) is 8.95. The second-order valence-corrected chi connectivity index (χ2v) is 9.88. The average molecular weight is 350 g/mol. The van der Waals surface area contributed by atoms with E-state index in [-0.39, 0.29) is 5.41 Å². The molecule has 0 spiro atoms. The first kappa shape index (κ1) is 16.7. The molecule has 1 heterocycles. The molecular formula is C24H31NO. The van der Waals surface area contributed by atoms with Gasteiger partial charge >= 0.3 is 0 Å². The lowest BCUT2D eigenvalue weighted by Crippen LogP contribution is -2.54. The Morgan fingerprint density at radius 3 is 2.81 bits per heavy atom. The number of aromatic nitrogens is 1. The first-order valence-electron chi connectivity index (χ1n) is 10.7. The molecular weight excluding hydrogens is 318 g/mol. The largest absolute Gasteiger partial charge is 0.299 e. The van der Waals surface area contributed by atoms with Crippen LogP contribution in [0.25, 0.3) is 5.57 Å². The smallest absolute Gasteiger partial charge is 0.136 e. The molecule has 2 nitrogen and oxygen atoms in total. The summed E-state index contributed by atoms with van der Waals surface area (Å²) in [4.78, 5) is 17.0. The Hall–Kier alpha value is -1.44. The number of hydrogen-bond donors (Lipinski definition) is 0. The van der Waals surface area contributed by atoms with Crippen molar-refractivity contribution in [3.05, 3.63) is 36.2 Å². The summed E-state index contributed by atoms with van der Waals surface area (Å²) < 4.78 is 0. The predicted octanol–water partition coefficient (Wildman–Crippen LogP) is 5.69. The van der Waals surface area contributed by atoms with E-state index in [1.165, 1.54) is 37.7 Å². The fraction of sp³-hybridized carbons (Fsp3) is 0.667. The number of hydrogen-bond acceptors (Lipinski definition) is 2. The quantitative estimate of drug-likeness (QED) is 0.652. The summed E-state index contributed by atoms with van der Waals surface area (Å²) in [5, 5.41) is 0. The molecule has 0 aromatic carbocycles. The van der Waals surface area contributed by atoms with Gasteiger partial charge in [-0.25, -0.2) is 0 Å². The molecule has 6 atom stereocenters. The lowest BCUT2D eigenvalue weighted by Gasteiger charge is -2.59. The molecule has 0 amide bonds. The summed E-state index contributed by atoms with van der Waals surface area (Å²) in [6.07, 6.45) is 15.9. The van der Waals surface area contributed by atoms with Crippen LogP contribution in [0, 0.1) is 34.5 Å². The van der Waals surface area contributed by atoms with E-state index < -0.39 is 0 Å². The summed E-state index contributed by atoms with van der Waals surface area (Å²) in [6.45, 7) is 4.98. The van der Waals surface area contributed by atoms with Crippen LogP contribution < -0.4 is 0 Å². The van der Waals surface area contributed by atoms with Crippen LogP contribution in [0.1, 0.15) is 70.8 Å². The zero-order valence-electron chi connectivity index (χ0n) is 16.2. The van der Waals surface area contributed by atoms with Crippen LogP contribution in [0.3, 0.4) is 0 Å². The van der Waals surface area contributed by atoms with Crippen molar-refractivity contribution in [3.8, 4) is 0 Å². The van der Waals surface area contributed by atoms with Crippen LogP contribution in [0.15, 0.2) is 30.6 Å². The fourth-order valence-corrected chi connectivity index (χ4v) is 7.70. The van der Waals surface area contributed by atoms with Gasteiger partial charge in [0, 0.05) is 24.7 Å². The summed E-state index contributed by atoms with van der Waals surface area (Å²) in [7, 11) is 0. The number of nitrogens with zero attached hydrogens (tertiary/aromatic N) is 1. The van der Waals surface area contributed by atoms with Gasteiger partial charge in [0.15, 0.2) is 0 Å². The highest BCUT2D eigenvalue weighted by atomic mass is 16.1. The molecule has 3 saturated carbocycles. The minimum Gasteiger partial charge on any atom is -0.299 e. The van der Waals surface area contributed by atoms with E-state index in [0.29, 0.717) is 17.1 Å². The van der Waals surface area contributed by atoms with E-state index in [1.807, 2.05) is 12.4 Å². The Morgan fingerprint density at radius 1 is 1.12 bits per heavy atom. The van der Waals surface area contributed by atoms with Crippen LogP contribution in [0.2, 0.25) is 0 Å². The predicted molar refractivity (Wildman–Crippen MR) is 104 cm³/mol. The van der Waals surface area contributed by atoms with Crippen LogP contribution >= 0.6 is 0 Å². The summed E-state index contributed by atoms with van der Waals surface area (Å²) in [5.74, 6) is 3.24. The van der Waals surface area contributed by atoms with Crippen LogP contribution in [0.4, 0.5) is 0 Å². The highest BCUT2D eigenvalue weighted by molar-refractivity contribution is 5.83. The average Bonchev–Trinajstić information content (AvgIpc) is 2.99. The van der Waals surface area contributed by atoms with Crippen molar-refractivity contribution in [1.82, 2.24) is 4.98 Å². The van der Waals surface area contributed by atoms with Crippen LogP contribution in [-0.4, -0.2) is 10.8 Å². The van der Waals surface area contributed by atoms with Gasteiger partial charge in [-0.1, -0.05) is 26.0 Å². The Bertz CT molecular complexity index is 753. The van der Waals surface area contributed by atoms with E-state index in [2.05, 4.69) is 37.0 Å². The standard InChI is InChI=1S/C24H31NO/c1-23-12-3-6-22(26)21(23)8-7-17-19-10-9-18(16-5-4-14-25-15-16)24(19,2)13-11-20(17)23/h4-5,9,14-15,17,19-21H,3,6-8,10-13H2,1-2H3/t17-,19-,20?,21?,23+,24+/m0/s1. The van der Waals surface area contributed by atoms with Gasteiger partial charge in [-0.05, 0) is 90.7 Å². The number of ketones is 1. The molecule has 4 aliphatic carbocycles. The van der Waals surface area contributed by atoms with Gasteiger partial charge in [0.2, 0.25) is 0 Å². The summed E-state index contributed by atoms with van der Waals surface area (Å²) in [5.41, 5.74) is 3.44. The van der Waals surface area contributed by atoms with E-state index in [9.17, 15) is 4.79 Å². The number of carbonyl (C=O) groups is 1. The lowest BCUT2D eigenvalue weighted by molar-refractivity contribution is -0.145. The molecule has 3 fully saturated rings. The molecule has 0 bridgehead atoms. The summed E-state index contributed by atoms with van der Waals surface area (Å²) >= 11 is 0. The number of allylic oxidation sites excluding steroid dienone is 2. The molecule has 1 aromatic heterocycles. The number of rotatable bonds is 1. The molecule has 0 N–H and O–H groups in total. The highest BCUT2D eigenvalue weighted by Crippen LogP contribution is 2.67. The van der Waals surface area contributed by atoms with Gasteiger partial charge in [0.1, 0.15) is 5.78 Å². The highest BCUT2D eigenvalue weighted by Gasteiger charge is 2.59. The molecule has 26 heavy (non-hydrogen) atoms. The van der Waals surface area contributed by atoms with Gasteiger partial charge in [-0.3, -0.25) is 9.78 Å². The van der Waals surface area contributed by atoms with Crippen molar-refractivity contribution in [2.24, 2.45) is 34.5 Å². The zero-order valence-corrected chi connectivity index (χ0v) is 16.2. The minimum atomic E-state index is 0.274. The second-order valence-electron chi connectivity index (χ2n) is 9.88. The van der Waals surface area contributed by atoms with Gasteiger partial charge in [0.25, 0.3) is 0 Å². The summed E-state index contributed by atoms with van der Waals surface area (Å²) in [6, 6.07) is 4.30. The Kier molecular flexibility index (Phi) is 3.71. The normalized spacial score (nSPS) is 44.7. The molecule has 0 radical (unpaired) electrons. The molecule has 5 rings (SSSR count). The van der Waals surface area contributed by atoms with Crippen molar-refractivity contribution in [2.45, 2.75) is 65.2 Å². The maximum Gasteiger partial charge on any atom is 0.136 e. The van der Waals surface area contributed by atoms with Crippen LogP contribution in [-0.2, 0) is 4.79 Å². The number of fused-ring (bicyclic) bond motifs is 5. The number of pyridine rings is 1. The van der Waals surface area contributed by atoms with E-state index in [1.54, 1.807) is 5.57 Å². The molecule has 138 valence electrons. The first-order chi connectivity index (χ1) is 12.5. The monoisotopic (exact) mass is 349 g/mol. The Balaban J connectivity index is 1.47. The number of Topliss-reactive ketones (excluding diaryl/α,β-unsaturated/α-hetero) is 1. The second kappa shape index (κ2) is 5.78. The fourth-order valence-electron chi connectivity index (χ4n) is 7.70. The lowest BCUT2D eigenvalue weighted by atomic mass is 9.44. The maximum absolute atomic E-state index is 12.6. The van der Waals surface area contributed by atoms with Crippen molar-refractivity contribution < 1.29 is 4.79 Å². The van der Waals surface area contributed by atoms with Crippen molar-refractivity contribution >= 4 is 11.4 Å². The zero-order chi connectivity index (χ0) is 17.9. The third-order valence-electron chi connectivity index (χ3n) is 8.95. The van der Waals surface area contributed by atoms with E-state index >= 15 is 0 Å². The first-order valence-corrected chi connectivity index (χ1v) is 10.7.